The van der Waals surface area contributed by atoms with Crippen LogP contribution in [0.1, 0.15) is 17.0 Å². The van der Waals surface area contributed by atoms with Gasteiger partial charge in [0.2, 0.25) is 0 Å². The molecule has 2 aromatic rings. The molecule has 0 amide bonds. The highest BCUT2D eigenvalue weighted by molar-refractivity contribution is 7.07. The molecule has 0 spiro atoms. The Labute approximate surface area is 117 Å². The minimum Gasteiger partial charge on any atom is -0.315 e. The number of nitrogens with one attached hydrogen (secondary N) is 1. The lowest BCUT2D eigenvalue weighted by Gasteiger charge is -2.06. The van der Waals surface area contributed by atoms with Gasteiger partial charge < -0.3 is 5.32 Å². The van der Waals surface area contributed by atoms with E-state index in [9.17, 15) is 0 Å². The van der Waals surface area contributed by atoms with E-state index in [4.69, 9.17) is 11.6 Å². The van der Waals surface area contributed by atoms with E-state index in [-0.39, 0.29) is 0 Å². The van der Waals surface area contributed by atoms with Crippen molar-refractivity contribution in [2.45, 2.75) is 26.8 Å². The van der Waals surface area contributed by atoms with Crippen molar-refractivity contribution in [2.24, 2.45) is 0 Å². The molecule has 0 atom stereocenters. The molecule has 0 saturated carbocycles. The van der Waals surface area contributed by atoms with Crippen molar-refractivity contribution in [3.63, 3.8) is 0 Å². The van der Waals surface area contributed by atoms with Crippen LogP contribution in [0.3, 0.4) is 0 Å². The molecule has 2 heterocycles. The highest BCUT2D eigenvalue weighted by atomic mass is 35.5. The first-order valence-electron chi connectivity index (χ1n) is 6.10. The average Bonchev–Trinajstić information content (AvgIpc) is 2.95. The van der Waals surface area contributed by atoms with Crippen LogP contribution in [-0.4, -0.2) is 22.9 Å². The Balaban J connectivity index is 1.70. The molecule has 0 aliphatic rings. The molecule has 0 aromatic carbocycles. The summed E-state index contributed by atoms with van der Waals surface area (Å²) >= 11 is 7.85. The average molecular weight is 284 g/mol. The maximum absolute atomic E-state index is 6.10. The molecule has 0 fully saturated rings. The summed E-state index contributed by atoms with van der Waals surface area (Å²) < 4.78 is 1.97. The number of halogens is 1. The number of nitrogens with zero attached hydrogens (tertiary/aromatic N) is 2. The fraction of sp³-hybridized carbons (Fsp3) is 0.462. The molecule has 0 saturated heterocycles. The van der Waals surface area contributed by atoms with Crippen LogP contribution in [0.5, 0.6) is 0 Å². The van der Waals surface area contributed by atoms with E-state index < -0.39 is 0 Å². The van der Waals surface area contributed by atoms with E-state index in [1.807, 2.05) is 18.5 Å². The van der Waals surface area contributed by atoms with Gasteiger partial charge in [-0.3, -0.25) is 4.68 Å². The van der Waals surface area contributed by atoms with Crippen LogP contribution in [0.4, 0.5) is 0 Å². The minimum absolute atomic E-state index is 0.785. The Morgan fingerprint density at radius 2 is 2.22 bits per heavy atom. The van der Waals surface area contributed by atoms with Crippen molar-refractivity contribution in [2.75, 3.05) is 13.1 Å². The van der Waals surface area contributed by atoms with Crippen molar-refractivity contribution in [1.29, 1.82) is 0 Å². The highest BCUT2D eigenvalue weighted by Crippen LogP contribution is 2.18. The molecule has 5 heteroatoms. The molecule has 0 aliphatic heterocycles. The molecular weight excluding hydrogens is 266 g/mol. The van der Waals surface area contributed by atoms with E-state index in [2.05, 4.69) is 27.2 Å². The Morgan fingerprint density at radius 1 is 1.39 bits per heavy atom. The summed E-state index contributed by atoms with van der Waals surface area (Å²) in [7, 11) is 0. The van der Waals surface area contributed by atoms with Crippen LogP contribution in [0, 0.1) is 13.8 Å². The number of hydrogen-bond donors (Lipinski definition) is 1. The van der Waals surface area contributed by atoms with Crippen LogP contribution >= 0.6 is 22.9 Å². The molecule has 0 unspecified atom stereocenters. The lowest BCUT2D eigenvalue weighted by atomic mass is 10.2. The maximum Gasteiger partial charge on any atom is 0.0844 e. The van der Waals surface area contributed by atoms with E-state index >= 15 is 0 Å². The molecule has 2 rings (SSSR count). The monoisotopic (exact) mass is 283 g/mol. The fourth-order valence-corrected chi connectivity index (χ4v) is 2.71. The number of aryl methyl sites for hydroxylation is 1. The van der Waals surface area contributed by atoms with Crippen molar-refractivity contribution in [3.05, 3.63) is 38.8 Å². The van der Waals surface area contributed by atoms with Gasteiger partial charge in [0.15, 0.2) is 0 Å². The molecule has 1 N–H and O–H groups in total. The molecule has 3 nitrogen and oxygen atoms in total. The normalized spacial score (nSPS) is 11.1. The molecule has 0 aliphatic carbocycles. The summed E-state index contributed by atoms with van der Waals surface area (Å²) in [5, 5.41) is 12.9. The van der Waals surface area contributed by atoms with Crippen molar-refractivity contribution in [1.82, 2.24) is 15.1 Å². The van der Waals surface area contributed by atoms with E-state index in [1.54, 1.807) is 11.3 Å². The van der Waals surface area contributed by atoms with Gasteiger partial charge in [-0.1, -0.05) is 11.6 Å². The number of rotatable bonds is 6. The Bertz CT molecular complexity index is 491. The third-order valence-corrected chi connectivity index (χ3v) is 4.24. The zero-order valence-electron chi connectivity index (χ0n) is 10.7. The largest absolute Gasteiger partial charge is 0.315 e. The van der Waals surface area contributed by atoms with Crippen LogP contribution in [0.15, 0.2) is 16.8 Å². The van der Waals surface area contributed by atoms with Gasteiger partial charge in [-0.05, 0) is 49.2 Å². The Kier molecular flexibility index (Phi) is 4.80. The second kappa shape index (κ2) is 6.36. The first kappa shape index (κ1) is 13.6. The van der Waals surface area contributed by atoms with E-state index in [1.165, 1.54) is 5.56 Å². The minimum atomic E-state index is 0.785. The fourth-order valence-electron chi connectivity index (χ4n) is 1.87. The molecule has 0 radical (unpaired) electrons. The van der Waals surface area contributed by atoms with Crippen molar-refractivity contribution in [3.8, 4) is 0 Å². The van der Waals surface area contributed by atoms with E-state index in [0.29, 0.717) is 0 Å². The smallest absolute Gasteiger partial charge is 0.0844 e. The van der Waals surface area contributed by atoms with Crippen LogP contribution in [0.2, 0.25) is 5.02 Å². The molecule has 0 bridgehead atoms. The van der Waals surface area contributed by atoms with Gasteiger partial charge in [-0.15, -0.1) is 0 Å². The van der Waals surface area contributed by atoms with E-state index in [0.717, 1.165) is 42.5 Å². The topological polar surface area (TPSA) is 29.9 Å². The maximum atomic E-state index is 6.10. The second-order valence-electron chi connectivity index (χ2n) is 4.34. The SMILES string of the molecule is Cc1nn(CCNCCc2ccsc2)c(C)c1Cl. The summed E-state index contributed by atoms with van der Waals surface area (Å²) in [5.74, 6) is 0. The van der Waals surface area contributed by atoms with Gasteiger partial charge >= 0.3 is 0 Å². The third-order valence-electron chi connectivity index (χ3n) is 2.96. The standard InChI is InChI=1S/C13H18ClN3S/c1-10-13(14)11(2)17(16-10)7-6-15-5-3-12-4-8-18-9-12/h4,8-9,15H,3,5-7H2,1-2H3. The Hall–Kier alpha value is -0.840. The zero-order chi connectivity index (χ0) is 13.0. The summed E-state index contributed by atoms with van der Waals surface area (Å²) in [6.07, 6.45) is 1.08. The highest BCUT2D eigenvalue weighted by Gasteiger charge is 2.07. The van der Waals surface area contributed by atoms with Crippen molar-refractivity contribution < 1.29 is 0 Å². The van der Waals surface area contributed by atoms with Crippen molar-refractivity contribution >= 4 is 22.9 Å². The predicted molar refractivity (Wildman–Crippen MR) is 77.6 cm³/mol. The van der Waals surface area contributed by atoms with Gasteiger partial charge in [-0.25, -0.2) is 0 Å². The second-order valence-corrected chi connectivity index (χ2v) is 5.50. The first-order chi connectivity index (χ1) is 8.68. The first-order valence-corrected chi connectivity index (χ1v) is 7.42. The predicted octanol–water partition coefficient (Wildman–Crippen LogP) is 3.05. The lowest BCUT2D eigenvalue weighted by molar-refractivity contribution is 0.544. The number of hydrogen-bond acceptors (Lipinski definition) is 3. The van der Waals surface area contributed by atoms with Gasteiger partial charge in [0.25, 0.3) is 0 Å². The summed E-state index contributed by atoms with van der Waals surface area (Å²) in [6.45, 7) is 6.73. The summed E-state index contributed by atoms with van der Waals surface area (Å²) in [4.78, 5) is 0. The number of thiophene rings is 1. The zero-order valence-corrected chi connectivity index (χ0v) is 12.3. The summed E-state index contributed by atoms with van der Waals surface area (Å²) in [5.41, 5.74) is 3.36. The third kappa shape index (κ3) is 3.34. The summed E-state index contributed by atoms with van der Waals surface area (Å²) in [6, 6.07) is 2.17. The lowest BCUT2D eigenvalue weighted by Crippen LogP contribution is -2.23. The van der Waals surface area contributed by atoms with Gasteiger partial charge in [0, 0.05) is 6.54 Å². The molecule has 98 valence electrons. The van der Waals surface area contributed by atoms with Crippen LogP contribution < -0.4 is 5.32 Å². The van der Waals surface area contributed by atoms with Crippen LogP contribution in [-0.2, 0) is 13.0 Å². The van der Waals surface area contributed by atoms with Crippen LogP contribution in [0.25, 0.3) is 0 Å². The quantitative estimate of drug-likeness (QED) is 0.826. The molecule has 18 heavy (non-hydrogen) atoms. The van der Waals surface area contributed by atoms with Gasteiger partial charge in [0.1, 0.15) is 0 Å². The molecule has 2 aromatic heterocycles. The number of aromatic nitrogens is 2. The van der Waals surface area contributed by atoms with Gasteiger partial charge in [0.05, 0.1) is 23.0 Å². The molecular formula is C13H18ClN3S. The Morgan fingerprint density at radius 3 is 2.83 bits per heavy atom. The van der Waals surface area contributed by atoms with Gasteiger partial charge in [-0.2, -0.15) is 16.4 Å².